The Morgan fingerprint density at radius 3 is 2.03 bits per heavy atom. The minimum atomic E-state index is -2.69. The molecule has 1 atom stereocenters. The molecule has 0 heterocycles. The van der Waals surface area contributed by atoms with Crippen LogP contribution in [0.5, 0.6) is 0 Å². The molecule has 2 rings (SSSR count). The highest BCUT2D eigenvalue weighted by atomic mass is 28.4. The average molecular weight is 425 g/mol. The molecule has 2 aromatic rings. The first-order valence-electron chi connectivity index (χ1n) is 10.9. The Bertz CT molecular complexity index is 755. The SMILES string of the molecule is CCCC/C=C/C(=O)C[C@H](O)CO[Si](c1ccccc1)(c1ccccc1)C(C)(C)C. The summed E-state index contributed by atoms with van der Waals surface area (Å²) in [5, 5.41) is 12.8. The third-order valence-corrected chi connectivity index (χ3v) is 10.4. The Morgan fingerprint density at radius 1 is 1.03 bits per heavy atom. The molecule has 30 heavy (non-hydrogen) atoms. The van der Waals surface area contributed by atoms with Crippen molar-refractivity contribution in [3.05, 3.63) is 72.8 Å². The van der Waals surface area contributed by atoms with Crippen LogP contribution in [0.15, 0.2) is 72.8 Å². The Morgan fingerprint density at radius 2 is 1.57 bits per heavy atom. The van der Waals surface area contributed by atoms with Crippen LogP contribution in [0.4, 0.5) is 0 Å². The third kappa shape index (κ3) is 6.24. The molecule has 4 heteroatoms. The van der Waals surface area contributed by atoms with Gasteiger partial charge in [-0.25, -0.2) is 0 Å². The zero-order chi connectivity index (χ0) is 22.0. The fourth-order valence-corrected chi connectivity index (χ4v) is 8.48. The van der Waals surface area contributed by atoms with E-state index in [-0.39, 0.29) is 23.8 Å². The van der Waals surface area contributed by atoms with Crippen molar-refractivity contribution < 1.29 is 14.3 Å². The molecule has 0 bridgehead atoms. The minimum absolute atomic E-state index is 0.0512. The predicted molar refractivity (Wildman–Crippen MR) is 128 cm³/mol. The molecule has 0 aliphatic heterocycles. The van der Waals surface area contributed by atoms with Gasteiger partial charge in [-0.15, -0.1) is 0 Å². The van der Waals surface area contributed by atoms with Gasteiger partial charge < -0.3 is 9.53 Å². The van der Waals surface area contributed by atoms with Crippen molar-refractivity contribution in [2.24, 2.45) is 0 Å². The largest absolute Gasteiger partial charge is 0.405 e. The molecule has 1 N–H and O–H groups in total. The van der Waals surface area contributed by atoms with Crippen LogP contribution >= 0.6 is 0 Å². The zero-order valence-corrected chi connectivity index (χ0v) is 19.8. The molecule has 2 aromatic carbocycles. The van der Waals surface area contributed by atoms with Gasteiger partial charge >= 0.3 is 0 Å². The van der Waals surface area contributed by atoms with Crippen LogP contribution in [0.1, 0.15) is 53.4 Å². The van der Waals surface area contributed by atoms with Gasteiger partial charge in [-0.2, -0.15) is 0 Å². The van der Waals surface area contributed by atoms with Gasteiger partial charge in [0, 0.05) is 6.42 Å². The first-order chi connectivity index (χ1) is 14.3. The first-order valence-corrected chi connectivity index (χ1v) is 12.8. The Hall–Kier alpha value is -2.01. The van der Waals surface area contributed by atoms with Gasteiger partial charge in [0.1, 0.15) is 0 Å². The summed E-state index contributed by atoms with van der Waals surface area (Å²) in [7, 11) is -2.69. The van der Waals surface area contributed by atoms with Crippen molar-refractivity contribution in [2.45, 2.75) is 64.5 Å². The Balaban J connectivity index is 2.24. The van der Waals surface area contributed by atoms with E-state index in [0.29, 0.717) is 0 Å². The van der Waals surface area contributed by atoms with Crippen LogP contribution in [0.25, 0.3) is 0 Å². The lowest BCUT2D eigenvalue weighted by atomic mass is 10.1. The molecule has 0 unspecified atom stereocenters. The molecule has 0 aliphatic rings. The van der Waals surface area contributed by atoms with E-state index in [2.05, 4.69) is 52.0 Å². The molecule has 0 saturated carbocycles. The number of carbonyl (C=O) groups is 1. The molecular weight excluding hydrogens is 388 g/mol. The van der Waals surface area contributed by atoms with Crippen molar-refractivity contribution in [1.29, 1.82) is 0 Å². The number of aliphatic hydroxyl groups is 1. The van der Waals surface area contributed by atoms with Crippen molar-refractivity contribution in [3.8, 4) is 0 Å². The maximum absolute atomic E-state index is 12.2. The molecule has 0 fully saturated rings. The highest BCUT2D eigenvalue weighted by Gasteiger charge is 2.50. The van der Waals surface area contributed by atoms with E-state index in [1.807, 2.05) is 42.5 Å². The summed E-state index contributed by atoms with van der Waals surface area (Å²) in [5.41, 5.74) is 0. The maximum atomic E-state index is 12.2. The maximum Gasteiger partial charge on any atom is 0.261 e. The van der Waals surface area contributed by atoms with Crippen LogP contribution in [-0.2, 0) is 9.22 Å². The van der Waals surface area contributed by atoms with E-state index < -0.39 is 14.4 Å². The fraction of sp³-hybridized carbons (Fsp3) is 0.423. The van der Waals surface area contributed by atoms with E-state index in [1.54, 1.807) is 6.08 Å². The van der Waals surface area contributed by atoms with Gasteiger partial charge in [-0.3, -0.25) is 4.79 Å². The van der Waals surface area contributed by atoms with E-state index in [0.717, 1.165) is 19.3 Å². The quantitative estimate of drug-likeness (QED) is 0.325. The second-order valence-corrected chi connectivity index (χ2v) is 13.1. The van der Waals surface area contributed by atoms with Crippen molar-refractivity contribution in [1.82, 2.24) is 0 Å². The summed E-state index contributed by atoms with van der Waals surface area (Å²) in [6.45, 7) is 8.87. The number of unbranched alkanes of at least 4 members (excludes halogenated alkanes) is 2. The Labute approximate surface area is 182 Å². The van der Waals surface area contributed by atoms with E-state index in [1.165, 1.54) is 10.4 Å². The molecule has 0 amide bonds. The minimum Gasteiger partial charge on any atom is -0.405 e. The van der Waals surface area contributed by atoms with Crippen molar-refractivity contribution in [2.75, 3.05) is 6.61 Å². The van der Waals surface area contributed by atoms with Gasteiger partial charge in [-0.05, 0) is 27.9 Å². The monoisotopic (exact) mass is 424 g/mol. The fourth-order valence-electron chi connectivity index (χ4n) is 3.88. The number of aliphatic hydroxyl groups excluding tert-OH is 1. The summed E-state index contributed by atoms with van der Waals surface area (Å²) >= 11 is 0. The predicted octanol–water partition coefficient (Wildman–Crippen LogP) is 4.63. The molecule has 0 aliphatic carbocycles. The van der Waals surface area contributed by atoms with Gasteiger partial charge in [0.15, 0.2) is 5.78 Å². The summed E-state index contributed by atoms with van der Waals surface area (Å²) in [6, 6.07) is 20.7. The van der Waals surface area contributed by atoms with Crippen LogP contribution in [-0.4, -0.2) is 31.9 Å². The first kappa shape index (κ1) is 24.3. The molecule has 0 aromatic heterocycles. The number of ketones is 1. The number of carbonyl (C=O) groups excluding carboxylic acids is 1. The summed E-state index contributed by atoms with van der Waals surface area (Å²) in [5.74, 6) is -0.0512. The van der Waals surface area contributed by atoms with E-state index in [4.69, 9.17) is 4.43 Å². The summed E-state index contributed by atoms with van der Waals surface area (Å²) in [4.78, 5) is 12.2. The van der Waals surface area contributed by atoms with E-state index in [9.17, 15) is 9.90 Å². The summed E-state index contributed by atoms with van der Waals surface area (Å²) < 4.78 is 6.68. The number of rotatable bonds is 11. The summed E-state index contributed by atoms with van der Waals surface area (Å²) in [6.07, 6.45) is 5.84. The van der Waals surface area contributed by atoms with Crippen molar-refractivity contribution in [3.63, 3.8) is 0 Å². The van der Waals surface area contributed by atoms with Gasteiger partial charge in [0.05, 0.1) is 12.7 Å². The second-order valence-electron chi connectivity index (χ2n) is 8.84. The highest BCUT2D eigenvalue weighted by Crippen LogP contribution is 2.36. The van der Waals surface area contributed by atoms with Gasteiger partial charge in [0.25, 0.3) is 8.32 Å². The average Bonchev–Trinajstić information content (AvgIpc) is 2.72. The van der Waals surface area contributed by atoms with Crippen molar-refractivity contribution >= 4 is 24.5 Å². The molecule has 0 radical (unpaired) electrons. The standard InChI is InChI=1S/C26H36O3Si/c1-5-6-7-10-15-22(27)20-23(28)21-29-30(26(2,3)4,24-16-11-8-12-17-24)25-18-13-9-14-19-25/h8-19,23,28H,5-7,20-21H2,1-4H3/b15-10+/t23-/m0/s1. The van der Waals surface area contributed by atoms with Crippen LogP contribution in [0, 0.1) is 0 Å². The number of benzene rings is 2. The number of hydrogen-bond acceptors (Lipinski definition) is 3. The van der Waals surface area contributed by atoms with Crippen LogP contribution < -0.4 is 10.4 Å². The van der Waals surface area contributed by atoms with Crippen LogP contribution in [0.2, 0.25) is 5.04 Å². The lowest BCUT2D eigenvalue weighted by Crippen LogP contribution is -2.67. The van der Waals surface area contributed by atoms with Gasteiger partial charge in [0.2, 0.25) is 0 Å². The molecular formula is C26H36O3Si. The highest BCUT2D eigenvalue weighted by molar-refractivity contribution is 6.99. The van der Waals surface area contributed by atoms with Crippen LogP contribution in [0.3, 0.4) is 0 Å². The molecule has 162 valence electrons. The molecule has 0 spiro atoms. The topological polar surface area (TPSA) is 46.5 Å². The number of allylic oxidation sites excluding steroid dienone is 2. The smallest absolute Gasteiger partial charge is 0.261 e. The normalized spacial score (nSPS) is 13.5. The zero-order valence-electron chi connectivity index (χ0n) is 18.8. The Kier molecular flexibility index (Phi) is 9.22. The van der Waals surface area contributed by atoms with E-state index >= 15 is 0 Å². The lowest BCUT2D eigenvalue weighted by Gasteiger charge is -2.43. The molecule has 0 saturated heterocycles. The molecule has 3 nitrogen and oxygen atoms in total. The lowest BCUT2D eigenvalue weighted by molar-refractivity contribution is -0.116. The van der Waals surface area contributed by atoms with Gasteiger partial charge in [-0.1, -0.05) is 107 Å². The third-order valence-electron chi connectivity index (χ3n) is 5.37. The second kappa shape index (κ2) is 11.4. The number of hydrogen-bond donors (Lipinski definition) is 1.